The predicted molar refractivity (Wildman–Crippen MR) is 84.3 cm³/mol. The van der Waals surface area contributed by atoms with Gasteiger partial charge < -0.3 is 10.6 Å². The van der Waals surface area contributed by atoms with E-state index in [-0.39, 0.29) is 11.9 Å². The highest BCUT2D eigenvalue weighted by atomic mass is 35.5. The third-order valence-electron chi connectivity index (χ3n) is 2.94. The average molecular weight is 309 g/mol. The summed E-state index contributed by atoms with van der Waals surface area (Å²) in [7, 11) is 1.84. The molecule has 0 saturated carbocycles. The highest BCUT2D eigenvalue weighted by molar-refractivity contribution is 7.10. The summed E-state index contributed by atoms with van der Waals surface area (Å²) < 4.78 is 0. The molecule has 2 aromatic rings. The van der Waals surface area contributed by atoms with Crippen LogP contribution in [-0.2, 0) is 4.79 Å². The van der Waals surface area contributed by atoms with Crippen LogP contribution in [0.25, 0.3) is 0 Å². The molecule has 0 radical (unpaired) electrons. The number of carbonyl (C=O) groups excluding carboxylic acids is 1. The Balaban J connectivity index is 2.17. The van der Waals surface area contributed by atoms with Gasteiger partial charge in [0.1, 0.15) is 0 Å². The van der Waals surface area contributed by atoms with Crippen LogP contribution in [0.5, 0.6) is 0 Å². The summed E-state index contributed by atoms with van der Waals surface area (Å²) in [6, 6.07) is 11.5. The van der Waals surface area contributed by atoms with Crippen LogP contribution in [-0.4, -0.2) is 19.5 Å². The van der Waals surface area contributed by atoms with E-state index in [0.717, 1.165) is 10.4 Å². The van der Waals surface area contributed by atoms with Crippen molar-refractivity contribution in [1.29, 1.82) is 0 Å². The zero-order valence-corrected chi connectivity index (χ0v) is 12.8. The fraction of sp³-hybridized carbons (Fsp3) is 0.267. The first-order valence-electron chi connectivity index (χ1n) is 6.43. The van der Waals surface area contributed by atoms with E-state index in [4.69, 9.17) is 11.6 Å². The largest absolute Gasteiger partial charge is 0.344 e. The summed E-state index contributed by atoms with van der Waals surface area (Å²) in [4.78, 5) is 13.1. The van der Waals surface area contributed by atoms with E-state index < -0.39 is 0 Å². The molecule has 1 atom stereocenters. The zero-order chi connectivity index (χ0) is 14.4. The van der Waals surface area contributed by atoms with Gasteiger partial charge in [0.15, 0.2) is 0 Å². The highest BCUT2D eigenvalue weighted by Gasteiger charge is 2.17. The van der Waals surface area contributed by atoms with E-state index in [9.17, 15) is 4.79 Å². The molecule has 0 spiro atoms. The molecule has 1 aromatic carbocycles. The molecule has 2 rings (SSSR count). The number of amides is 1. The van der Waals surface area contributed by atoms with Crippen LogP contribution >= 0.6 is 22.9 Å². The van der Waals surface area contributed by atoms with Gasteiger partial charge in [0.2, 0.25) is 5.91 Å². The van der Waals surface area contributed by atoms with Crippen LogP contribution in [0.1, 0.15) is 22.9 Å². The lowest BCUT2D eigenvalue weighted by molar-refractivity contribution is -0.121. The van der Waals surface area contributed by atoms with Gasteiger partial charge in [-0.15, -0.1) is 11.3 Å². The van der Waals surface area contributed by atoms with Gasteiger partial charge in [-0.1, -0.05) is 29.8 Å². The fourth-order valence-corrected chi connectivity index (χ4v) is 2.83. The standard InChI is InChI=1S/C15H17ClN2OS/c1-17-9-8-14(19)18-15(13-3-2-10-20-13)11-4-6-12(16)7-5-11/h2-7,10,15,17H,8-9H2,1H3,(H,18,19). The Morgan fingerprint density at radius 3 is 2.65 bits per heavy atom. The van der Waals surface area contributed by atoms with Crippen molar-refractivity contribution < 1.29 is 4.79 Å². The number of hydrogen-bond acceptors (Lipinski definition) is 3. The van der Waals surface area contributed by atoms with Gasteiger partial charge in [0, 0.05) is 22.9 Å². The van der Waals surface area contributed by atoms with Crippen molar-refractivity contribution in [2.45, 2.75) is 12.5 Å². The minimum absolute atomic E-state index is 0.0349. The molecule has 0 bridgehead atoms. The SMILES string of the molecule is CNCCC(=O)NC(c1ccc(Cl)cc1)c1cccs1. The Labute approximate surface area is 128 Å². The minimum Gasteiger partial charge on any atom is -0.344 e. The second-order valence-electron chi connectivity index (χ2n) is 4.42. The van der Waals surface area contributed by atoms with Gasteiger partial charge in [0.25, 0.3) is 0 Å². The lowest BCUT2D eigenvalue weighted by Gasteiger charge is -2.18. The van der Waals surface area contributed by atoms with Gasteiger partial charge in [-0.2, -0.15) is 0 Å². The topological polar surface area (TPSA) is 41.1 Å². The number of benzene rings is 1. The van der Waals surface area contributed by atoms with Crippen LogP contribution in [0, 0.1) is 0 Å². The first-order valence-corrected chi connectivity index (χ1v) is 7.69. The predicted octanol–water partition coefficient (Wildman–Crippen LogP) is 3.22. The number of carbonyl (C=O) groups is 1. The molecule has 3 nitrogen and oxygen atoms in total. The Bertz CT molecular complexity index is 540. The van der Waals surface area contributed by atoms with Crippen LogP contribution in [0.4, 0.5) is 0 Å². The fourth-order valence-electron chi connectivity index (χ4n) is 1.90. The lowest BCUT2D eigenvalue weighted by Crippen LogP contribution is -2.30. The first-order chi connectivity index (χ1) is 9.70. The average Bonchev–Trinajstić information content (AvgIpc) is 2.97. The maximum atomic E-state index is 12.0. The summed E-state index contributed by atoms with van der Waals surface area (Å²) in [5.74, 6) is 0.0349. The number of hydrogen-bond donors (Lipinski definition) is 2. The number of halogens is 1. The minimum atomic E-state index is -0.114. The van der Waals surface area contributed by atoms with E-state index in [0.29, 0.717) is 18.0 Å². The second kappa shape index (κ2) is 7.43. The van der Waals surface area contributed by atoms with E-state index in [1.54, 1.807) is 11.3 Å². The molecule has 0 aliphatic heterocycles. The van der Waals surface area contributed by atoms with Gasteiger partial charge in [-0.05, 0) is 36.2 Å². The van der Waals surface area contributed by atoms with Crippen molar-refractivity contribution in [3.63, 3.8) is 0 Å². The molecule has 1 aromatic heterocycles. The summed E-state index contributed by atoms with van der Waals surface area (Å²) in [5, 5.41) is 8.76. The molecule has 1 heterocycles. The summed E-state index contributed by atoms with van der Waals surface area (Å²) in [5.41, 5.74) is 1.04. The Kier molecular flexibility index (Phi) is 5.59. The smallest absolute Gasteiger partial charge is 0.222 e. The molecule has 20 heavy (non-hydrogen) atoms. The van der Waals surface area contributed by atoms with Crippen LogP contribution in [0.15, 0.2) is 41.8 Å². The lowest BCUT2D eigenvalue weighted by atomic mass is 10.1. The first kappa shape index (κ1) is 15.0. The van der Waals surface area contributed by atoms with Gasteiger partial charge >= 0.3 is 0 Å². The third-order valence-corrected chi connectivity index (χ3v) is 4.13. The molecule has 0 aliphatic carbocycles. The molecule has 1 amide bonds. The second-order valence-corrected chi connectivity index (χ2v) is 5.84. The maximum absolute atomic E-state index is 12.0. The normalized spacial score (nSPS) is 12.1. The monoisotopic (exact) mass is 308 g/mol. The molecule has 0 fully saturated rings. The maximum Gasteiger partial charge on any atom is 0.222 e. The van der Waals surface area contributed by atoms with Gasteiger partial charge in [0.05, 0.1) is 6.04 Å². The van der Waals surface area contributed by atoms with Crippen molar-refractivity contribution in [1.82, 2.24) is 10.6 Å². The van der Waals surface area contributed by atoms with Gasteiger partial charge in [-0.25, -0.2) is 0 Å². The van der Waals surface area contributed by atoms with Crippen LogP contribution < -0.4 is 10.6 Å². The molecule has 0 saturated heterocycles. The van der Waals surface area contributed by atoms with Crippen molar-refractivity contribution in [3.05, 3.63) is 57.2 Å². The number of nitrogens with one attached hydrogen (secondary N) is 2. The molecular weight excluding hydrogens is 292 g/mol. The molecule has 1 unspecified atom stereocenters. The van der Waals surface area contributed by atoms with E-state index in [1.165, 1.54) is 0 Å². The summed E-state index contributed by atoms with van der Waals surface area (Å²) >= 11 is 7.56. The van der Waals surface area contributed by atoms with Crippen molar-refractivity contribution in [2.75, 3.05) is 13.6 Å². The quantitative estimate of drug-likeness (QED) is 0.860. The van der Waals surface area contributed by atoms with Crippen LogP contribution in [0.2, 0.25) is 5.02 Å². The molecular formula is C15H17ClN2OS. The van der Waals surface area contributed by atoms with Crippen LogP contribution in [0.3, 0.4) is 0 Å². The molecule has 5 heteroatoms. The Hall–Kier alpha value is -1.36. The van der Waals surface area contributed by atoms with E-state index in [1.807, 2.05) is 48.8 Å². The van der Waals surface area contributed by atoms with Crippen molar-refractivity contribution in [3.8, 4) is 0 Å². The van der Waals surface area contributed by atoms with E-state index >= 15 is 0 Å². The summed E-state index contributed by atoms with van der Waals surface area (Å²) in [6.07, 6.45) is 0.464. The van der Waals surface area contributed by atoms with Crippen molar-refractivity contribution >= 4 is 28.8 Å². The van der Waals surface area contributed by atoms with Gasteiger partial charge in [-0.3, -0.25) is 4.79 Å². The third kappa shape index (κ3) is 4.07. The van der Waals surface area contributed by atoms with E-state index in [2.05, 4.69) is 10.6 Å². The number of rotatable bonds is 6. The van der Waals surface area contributed by atoms with Crippen molar-refractivity contribution in [2.24, 2.45) is 0 Å². The Morgan fingerprint density at radius 1 is 1.30 bits per heavy atom. The molecule has 2 N–H and O–H groups in total. The molecule has 106 valence electrons. The summed E-state index contributed by atoms with van der Waals surface area (Å²) in [6.45, 7) is 0.670. The molecule has 0 aliphatic rings. The Morgan fingerprint density at radius 2 is 2.05 bits per heavy atom. The highest BCUT2D eigenvalue weighted by Crippen LogP contribution is 2.27. The number of thiophene rings is 1. The zero-order valence-electron chi connectivity index (χ0n) is 11.2.